The van der Waals surface area contributed by atoms with Gasteiger partial charge in [-0.05, 0) is 47.5 Å². The molecule has 0 aromatic rings. The zero-order valence-electron chi connectivity index (χ0n) is 14.3. The number of amides is 1. The highest BCUT2D eigenvalue weighted by Gasteiger charge is 2.37. The van der Waals surface area contributed by atoms with Gasteiger partial charge in [-0.25, -0.2) is 4.79 Å². The van der Waals surface area contributed by atoms with Crippen LogP contribution < -0.4 is 0 Å². The van der Waals surface area contributed by atoms with Crippen LogP contribution in [0.3, 0.4) is 0 Å². The van der Waals surface area contributed by atoms with E-state index in [0.717, 1.165) is 12.8 Å². The van der Waals surface area contributed by atoms with E-state index >= 15 is 0 Å². The van der Waals surface area contributed by atoms with Crippen LogP contribution in [0.4, 0.5) is 4.79 Å². The van der Waals surface area contributed by atoms with E-state index in [0.29, 0.717) is 25.3 Å². The van der Waals surface area contributed by atoms with Crippen LogP contribution in [0.5, 0.6) is 0 Å². The van der Waals surface area contributed by atoms with Crippen molar-refractivity contribution in [1.82, 2.24) is 4.90 Å². The number of carbonyl (C=O) groups is 2. The fourth-order valence-electron chi connectivity index (χ4n) is 2.60. The van der Waals surface area contributed by atoms with Crippen LogP contribution in [0, 0.1) is 5.92 Å². The van der Waals surface area contributed by atoms with Crippen molar-refractivity contribution in [3.8, 4) is 0 Å². The third-order valence-electron chi connectivity index (χ3n) is 3.82. The Morgan fingerprint density at radius 1 is 1.09 bits per heavy atom. The van der Waals surface area contributed by atoms with Crippen LogP contribution in [-0.2, 0) is 14.3 Å². The van der Waals surface area contributed by atoms with Crippen molar-refractivity contribution in [3.05, 3.63) is 0 Å². The summed E-state index contributed by atoms with van der Waals surface area (Å²) in [6.45, 7) is 10.7. The lowest BCUT2D eigenvalue weighted by atomic mass is 9.83. The number of likely N-dealkylation sites (tertiary alicyclic amines) is 1. The number of hydrogen-bond donors (Lipinski definition) is 1. The van der Waals surface area contributed by atoms with Crippen molar-refractivity contribution in [2.24, 2.45) is 5.92 Å². The summed E-state index contributed by atoms with van der Waals surface area (Å²) in [5.74, 6) is 0.524. The molecule has 22 heavy (non-hydrogen) atoms. The number of esters is 1. The zero-order valence-corrected chi connectivity index (χ0v) is 15.2. The molecule has 0 N–H and O–H groups in total. The molecule has 128 valence electrons. The highest BCUT2D eigenvalue weighted by molar-refractivity contribution is 7.80. The molecule has 1 saturated heterocycles. The first-order valence-electron chi connectivity index (χ1n) is 7.86. The molecule has 6 heteroatoms. The van der Waals surface area contributed by atoms with E-state index in [1.807, 2.05) is 34.6 Å². The van der Waals surface area contributed by atoms with Gasteiger partial charge in [0.15, 0.2) is 0 Å². The molecule has 0 saturated carbocycles. The van der Waals surface area contributed by atoms with E-state index in [1.165, 1.54) is 0 Å². The average Bonchev–Trinajstić information content (AvgIpc) is 2.36. The molecule has 1 rings (SSSR count). The second-order valence-corrected chi connectivity index (χ2v) is 7.74. The maximum atomic E-state index is 12.0. The molecule has 1 aliphatic heterocycles. The van der Waals surface area contributed by atoms with Gasteiger partial charge < -0.3 is 14.4 Å². The predicted octanol–water partition coefficient (Wildman–Crippen LogP) is 3.28. The fourth-order valence-corrected chi connectivity index (χ4v) is 2.79. The van der Waals surface area contributed by atoms with Crippen LogP contribution in [0.2, 0.25) is 0 Å². The minimum Gasteiger partial charge on any atom is -0.459 e. The highest BCUT2D eigenvalue weighted by atomic mass is 32.1. The molecule has 1 amide bonds. The first-order chi connectivity index (χ1) is 10.0. The number of carbonyl (C=O) groups excluding carboxylic acids is 2. The number of thiol groups is 1. The summed E-state index contributed by atoms with van der Waals surface area (Å²) >= 11 is 4.05. The summed E-state index contributed by atoms with van der Waals surface area (Å²) in [6, 6.07) is 0. The van der Waals surface area contributed by atoms with Crippen LogP contribution in [0.15, 0.2) is 0 Å². The van der Waals surface area contributed by atoms with Crippen LogP contribution >= 0.6 is 12.6 Å². The Kier molecular flexibility index (Phi) is 6.59. The lowest BCUT2D eigenvalue weighted by Gasteiger charge is -2.40. The summed E-state index contributed by atoms with van der Waals surface area (Å²) in [4.78, 5) is 25.4. The molecule has 5 nitrogen and oxygen atoms in total. The Bertz CT molecular complexity index is 395. The van der Waals surface area contributed by atoms with Crippen molar-refractivity contribution in [2.75, 3.05) is 18.8 Å². The van der Waals surface area contributed by atoms with Gasteiger partial charge in [0, 0.05) is 24.8 Å². The average molecular weight is 331 g/mol. The van der Waals surface area contributed by atoms with Crippen LogP contribution in [-0.4, -0.2) is 47.0 Å². The highest BCUT2D eigenvalue weighted by Crippen LogP contribution is 2.31. The molecule has 0 atom stereocenters. The van der Waals surface area contributed by atoms with Gasteiger partial charge in [-0.15, -0.1) is 0 Å². The van der Waals surface area contributed by atoms with E-state index in [2.05, 4.69) is 12.6 Å². The van der Waals surface area contributed by atoms with Gasteiger partial charge >= 0.3 is 12.1 Å². The first kappa shape index (κ1) is 19.1. The van der Waals surface area contributed by atoms with Gasteiger partial charge in [0.1, 0.15) is 11.2 Å². The van der Waals surface area contributed by atoms with Crippen LogP contribution in [0.25, 0.3) is 0 Å². The SMILES string of the molecule is CC(C)(C)OC(=O)N1CCC(C(C)(C)OC(=O)CCS)CC1. The van der Waals surface area contributed by atoms with E-state index in [-0.39, 0.29) is 18.0 Å². The van der Waals surface area contributed by atoms with Gasteiger partial charge in [0.2, 0.25) is 0 Å². The van der Waals surface area contributed by atoms with Crippen molar-refractivity contribution >= 4 is 24.7 Å². The van der Waals surface area contributed by atoms with Crippen molar-refractivity contribution in [2.45, 2.75) is 65.1 Å². The second kappa shape index (κ2) is 7.57. The lowest BCUT2D eigenvalue weighted by molar-refractivity contribution is -0.163. The van der Waals surface area contributed by atoms with Crippen molar-refractivity contribution in [1.29, 1.82) is 0 Å². The van der Waals surface area contributed by atoms with Gasteiger partial charge in [-0.2, -0.15) is 12.6 Å². The van der Waals surface area contributed by atoms with E-state index in [1.54, 1.807) is 4.90 Å². The molecular formula is C16H29NO4S. The fraction of sp³-hybridized carbons (Fsp3) is 0.875. The Hall–Kier alpha value is -0.910. The Balaban J connectivity index is 2.50. The summed E-state index contributed by atoms with van der Waals surface area (Å²) < 4.78 is 11.0. The molecule has 0 aliphatic carbocycles. The van der Waals surface area contributed by atoms with E-state index < -0.39 is 11.2 Å². The standard InChI is InChI=1S/C16H29NO4S/c1-15(2,3)21-14(19)17-9-6-12(7-10-17)16(4,5)20-13(18)8-11-22/h12,22H,6-11H2,1-5H3. The Morgan fingerprint density at radius 3 is 2.09 bits per heavy atom. The predicted molar refractivity (Wildman–Crippen MR) is 89.2 cm³/mol. The number of hydrogen-bond acceptors (Lipinski definition) is 5. The second-order valence-electron chi connectivity index (χ2n) is 7.29. The maximum Gasteiger partial charge on any atom is 0.410 e. The van der Waals surface area contributed by atoms with Gasteiger partial charge in [-0.3, -0.25) is 4.79 Å². The normalized spacial score (nSPS) is 17.3. The molecular weight excluding hydrogens is 302 g/mol. The molecule has 1 aliphatic rings. The summed E-state index contributed by atoms with van der Waals surface area (Å²) in [5.41, 5.74) is -0.990. The zero-order chi connectivity index (χ0) is 17.0. The molecule has 1 fully saturated rings. The quantitative estimate of drug-likeness (QED) is 0.634. The molecule has 0 aromatic carbocycles. The summed E-state index contributed by atoms with van der Waals surface area (Å²) in [5, 5.41) is 0. The molecule has 0 aromatic heterocycles. The van der Waals surface area contributed by atoms with Crippen LogP contribution in [0.1, 0.15) is 53.9 Å². The molecule has 0 unspecified atom stereocenters. The summed E-state index contributed by atoms with van der Waals surface area (Å²) in [6.07, 6.45) is 1.67. The molecule has 1 heterocycles. The number of nitrogens with zero attached hydrogens (tertiary/aromatic N) is 1. The third kappa shape index (κ3) is 6.07. The van der Waals surface area contributed by atoms with Gasteiger partial charge in [0.25, 0.3) is 0 Å². The maximum absolute atomic E-state index is 12.0. The Labute approximate surface area is 139 Å². The molecule has 0 bridgehead atoms. The van der Waals surface area contributed by atoms with E-state index in [9.17, 15) is 9.59 Å². The van der Waals surface area contributed by atoms with Gasteiger partial charge in [0.05, 0.1) is 6.42 Å². The lowest BCUT2D eigenvalue weighted by Crippen LogP contribution is -2.47. The largest absolute Gasteiger partial charge is 0.459 e. The molecule has 0 radical (unpaired) electrons. The minimum atomic E-state index is -0.514. The first-order valence-corrected chi connectivity index (χ1v) is 8.49. The molecule has 0 spiro atoms. The monoisotopic (exact) mass is 331 g/mol. The van der Waals surface area contributed by atoms with E-state index in [4.69, 9.17) is 9.47 Å². The topological polar surface area (TPSA) is 55.8 Å². The van der Waals surface area contributed by atoms with Crippen molar-refractivity contribution in [3.63, 3.8) is 0 Å². The number of piperidine rings is 1. The Morgan fingerprint density at radius 2 is 1.64 bits per heavy atom. The van der Waals surface area contributed by atoms with Gasteiger partial charge in [-0.1, -0.05) is 0 Å². The van der Waals surface area contributed by atoms with Crippen molar-refractivity contribution < 1.29 is 19.1 Å². The number of ether oxygens (including phenoxy) is 2. The smallest absolute Gasteiger partial charge is 0.410 e. The number of rotatable bonds is 4. The minimum absolute atomic E-state index is 0.213. The summed E-state index contributed by atoms with van der Waals surface area (Å²) in [7, 11) is 0. The third-order valence-corrected chi connectivity index (χ3v) is 4.05.